The van der Waals surface area contributed by atoms with E-state index in [4.69, 9.17) is 29.2 Å². The van der Waals surface area contributed by atoms with Gasteiger partial charge < -0.3 is 34.3 Å². The van der Waals surface area contributed by atoms with E-state index in [1.54, 1.807) is 0 Å². The van der Waals surface area contributed by atoms with Gasteiger partial charge in [-0.15, -0.1) is 0 Å². The molecular weight excluding hydrogens is 400 g/mol. The Morgan fingerprint density at radius 3 is 1.53 bits per heavy atom. The Hall–Kier alpha value is -1.75. The van der Waals surface area contributed by atoms with Crippen LogP contribution in [0.2, 0.25) is 0 Å². The molecule has 0 saturated carbocycles. The van der Waals surface area contributed by atoms with E-state index < -0.39 is 48.9 Å². The molecule has 1 atom stereocenters. The van der Waals surface area contributed by atoms with E-state index in [1.807, 2.05) is 20.8 Å². The Labute approximate surface area is 177 Å². The molecule has 176 valence electrons. The summed E-state index contributed by atoms with van der Waals surface area (Å²) in [6, 6.07) is 0. The average molecular weight is 436 g/mol. The summed E-state index contributed by atoms with van der Waals surface area (Å²) in [5, 5.41) is 27.9. The van der Waals surface area contributed by atoms with Gasteiger partial charge in [-0.05, 0) is 19.3 Å². The van der Waals surface area contributed by atoms with Gasteiger partial charge in [0.15, 0.2) is 12.2 Å². The molecule has 0 aliphatic heterocycles. The highest BCUT2D eigenvalue weighted by molar-refractivity contribution is 5.88. The molecule has 0 rings (SSSR count). The molecule has 0 radical (unpaired) electrons. The number of esters is 1. The van der Waals surface area contributed by atoms with Crippen molar-refractivity contribution in [3.63, 3.8) is 0 Å². The van der Waals surface area contributed by atoms with Crippen molar-refractivity contribution in [2.75, 3.05) is 26.4 Å². The molecule has 0 aromatic rings. The Morgan fingerprint density at radius 1 is 0.767 bits per heavy atom. The van der Waals surface area contributed by atoms with Crippen LogP contribution in [0.4, 0.5) is 0 Å². The molecule has 10 heteroatoms. The lowest BCUT2D eigenvalue weighted by Crippen LogP contribution is -2.47. The smallest absolute Gasteiger partial charge is 0.336 e. The fraction of sp³-hybridized carbons (Fsp3) is 0.850. The number of hydrogen-bond acceptors (Lipinski definition) is 8. The van der Waals surface area contributed by atoms with E-state index in [0.717, 1.165) is 38.5 Å². The summed E-state index contributed by atoms with van der Waals surface area (Å²) >= 11 is 0. The Balaban J connectivity index is 5.24. The van der Waals surface area contributed by atoms with E-state index in [2.05, 4.69) is 0 Å². The third kappa shape index (κ3) is 11.4. The third-order valence-electron chi connectivity index (χ3n) is 4.15. The number of hydrogen-bond donors (Lipinski definition) is 3. The Morgan fingerprint density at radius 2 is 1.20 bits per heavy atom. The molecule has 10 nitrogen and oxygen atoms in total. The first kappa shape index (κ1) is 28.2. The minimum atomic E-state index is -2.78. The van der Waals surface area contributed by atoms with Gasteiger partial charge in [0, 0.05) is 0 Å². The SMILES string of the molecule is CCCCOC(COC(=O)CC(O)(CC(=O)O)C(=O)O)(OCCCC)OCCCC. The van der Waals surface area contributed by atoms with Gasteiger partial charge in [0.1, 0.15) is 0 Å². The van der Waals surface area contributed by atoms with Crippen molar-refractivity contribution in [2.45, 2.75) is 83.7 Å². The molecule has 0 amide bonds. The lowest BCUT2D eigenvalue weighted by molar-refractivity contribution is -0.392. The first-order valence-corrected chi connectivity index (χ1v) is 10.4. The standard InChI is InChI=1S/C20H36O10/c1-4-7-10-28-20(29-11-8-5-2,30-12-9-6-3)15-27-17(23)14-19(26,18(24)25)13-16(21)22/h26H,4-15H2,1-3H3,(H,21,22)(H,24,25). The zero-order valence-electron chi connectivity index (χ0n) is 18.2. The molecule has 3 N–H and O–H groups in total. The van der Waals surface area contributed by atoms with Crippen molar-refractivity contribution < 1.29 is 48.7 Å². The van der Waals surface area contributed by atoms with Crippen LogP contribution in [0.1, 0.15) is 72.1 Å². The molecule has 0 aromatic carbocycles. The number of rotatable bonds is 19. The van der Waals surface area contributed by atoms with Gasteiger partial charge in [-0.3, -0.25) is 9.59 Å². The number of ether oxygens (including phenoxy) is 4. The lowest BCUT2D eigenvalue weighted by Gasteiger charge is -2.33. The Bertz CT molecular complexity index is 495. The van der Waals surface area contributed by atoms with Gasteiger partial charge in [-0.25, -0.2) is 4.79 Å². The maximum absolute atomic E-state index is 12.2. The van der Waals surface area contributed by atoms with Gasteiger partial charge in [-0.1, -0.05) is 40.0 Å². The fourth-order valence-corrected chi connectivity index (χ4v) is 2.29. The van der Waals surface area contributed by atoms with E-state index in [-0.39, 0.29) is 0 Å². The van der Waals surface area contributed by atoms with E-state index >= 15 is 0 Å². The van der Waals surface area contributed by atoms with Gasteiger partial charge >= 0.3 is 23.9 Å². The third-order valence-corrected chi connectivity index (χ3v) is 4.15. The molecule has 30 heavy (non-hydrogen) atoms. The summed E-state index contributed by atoms with van der Waals surface area (Å²) in [5.74, 6) is -6.15. The van der Waals surface area contributed by atoms with E-state index in [1.165, 1.54) is 0 Å². The molecule has 0 heterocycles. The summed E-state index contributed by atoms with van der Waals surface area (Å²) in [6.07, 6.45) is 2.57. The first-order chi connectivity index (χ1) is 14.1. The molecule has 0 saturated heterocycles. The second-order valence-corrected chi connectivity index (χ2v) is 7.03. The van der Waals surface area contributed by atoms with Crippen molar-refractivity contribution in [1.29, 1.82) is 0 Å². The van der Waals surface area contributed by atoms with Crippen LogP contribution >= 0.6 is 0 Å². The van der Waals surface area contributed by atoms with Crippen LogP contribution in [-0.2, 0) is 33.3 Å². The zero-order valence-corrected chi connectivity index (χ0v) is 18.2. The predicted octanol–water partition coefficient (Wildman–Crippen LogP) is 2.31. The normalized spacial score (nSPS) is 13.6. The van der Waals surface area contributed by atoms with E-state index in [9.17, 15) is 19.5 Å². The van der Waals surface area contributed by atoms with Crippen LogP contribution in [0.15, 0.2) is 0 Å². The summed E-state index contributed by atoms with van der Waals surface area (Å²) in [5.41, 5.74) is -2.78. The van der Waals surface area contributed by atoms with Crippen molar-refractivity contribution in [3.8, 4) is 0 Å². The van der Waals surface area contributed by atoms with Crippen LogP contribution < -0.4 is 0 Å². The van der Waals surface area contributed by atoms with Crippen LogP contribution in [0.3, 0.4) is 0 Å². The maximum atomic E-state index is 12.2. The number of aliphatic carboxylic acids is 2. The van der Waals surface area contributed by atoms with E-state index in [0.29, 0.717) is 19.8 Å². The number of carboxylic acids is 2. The topological polar surface area (TPSA) is 149 Å². The van der Waals surface area contributed by atoms with Crippen molar-refractivity contribution in [3.05, 3.63) is 0 Å². The van der Waals surface area contributed by atoms with Gasteiger partial charge in [0.25, 0.3) is 0 Å². The maximum Gasteiger partial charge on any atom is 0.336 e. The quantitative estimate of drug-likeness (QED) is 0.156. The molecule has 0 bridgehead atoms. The number of unbranched alkanes of at least 4 members (excludes halogenated alkanes) is 3. The molecule has 0 fully saturated rings. The second kappa shape index (κ2) is 15.1. The molecule has 0 aliphatic carbocycles. The number of carboxylic acid groups (broad SMARTS) is 2. The molecule has 0 spiro atoms. The number of carbonyl (C=O) groups is 3. The lowest BCUT2D eigenvalue weighted by atomic mass is 9.96. The summed E-state index contributed by atoms with van der Waals surface area (Å²) in [7, 11) is 0. The molecule has 0 aliphatic rings. The predicted molar refractivity (Wildman–Crippen MR) is 106 cm³/mol. The highest BCUT2D eigenvalue weighted by Gasteiger charge is 2.43. The van der Waals surface area contributed by atoms with Crippen molar-refractivity contribution >= 4 is 17.9 Å². The first-order valence-electron chi connectivity index (χ1n) is 10.4. The molecule has 1 unspecified atom stereocenters. The summed E-state index contributed by atoms with van der Waals surface area (Å²) in [4.78, 5) is 34.2. The molecule has 0 aromatic heterocycles. The minimum absolute atomic E-state index is 0.296. The highest BCUT2D eigenvalue weighted by atomic mass is 16.9. The van der Waals surface area contributed by atoms with Crippen LogP contribution in [0, 0.1) is 0 Å². The van der Waals surface area contributed by atoms with Crippen molar-refractivity contribution in [1.82, 2.24) is 0 Å². The van der Waals surface area contributed by atoms with Crippen molar-refractivity contribution in [2.24, 2.45) is 0 Å². The minimum Gasteiger partial charge on any atom is -0.481 e. The summed E-state index contributed by atoms with van der Waals surface area (Å²) < 4.78 is 22.4. The highest BCUT2D eigenvalue weighted by Crippen LogP contribution is 2.22. The fourth-order valence-electron chi connectivity index (χ4n) is 2.29. The number of aliphatic hydroxyl groups is 1. The average Bonchev–Trinajstić information content (AvgIpc) is 2.66. The second-order valence-electron chi connectivity index (χ2n) is 7.03. The molecular formula is C20H36O10. The van der Waals surface area contributed by atoms with Crippen LogP contribution in [-0.4, -0.2) is 71.2 Å². The van der Waals surface area contributed by atoms with Crippen LogP contribution in [0.5, 0.6) is 0 Å². The zero-order chi connectivity index (χ0) is 23.0. The van der Waals surface area contributed by atoms with Crippen LogP contribution in [0.25, 0.3) is 0 Å². The summed E-state index contributed by atoms with van der Waals surface area (Å²) in [6.45, 7) is 6.35. The Kier molecular flexibility index (Phi) is 14.2. The largest absolute Gasteiger partial charge is 0.481 e. The monoisotopic (exact) mass is 436 g/mol. The number of carbonyl (C=O) groups excluding carboxylic acids is 1. The van der Waals surface area contributed by atoms with Gasteiger partial charge in [0.05, 0.1) is 32.7 Å². The van der Waals surface area contributed by atoms with Gasteiger partial charge in [-0.2, -0.15) is 0 Å². The van der Waals surface area contributed by atoms with Gasteiger partial charge in [0.2, 0.25) is 0 Å².